The van der Waals surface area contributed by atoms with E-state index in [1.165, 1.54) is 17.7 Å². The van der Waals surface area contributed by atoms with Gasteiger partial charge in [0.25, 0.3) is 13.1 Å². The van der Waals surface area contributed by atoms with Crippen molar-refractivity contribution in [3.8, 4) is 0 Å². The van der Waals surface area contributed by atoms with Gasteiger partial charge in [-0.15, -0.1) is 48.5 Å². The third kappa shape index (κ3) is 5.07. The van der Waals surface area contributed by atoms with Crippen LogP contribution in [0, 0.1) is 0 Å². The Kier molecular flexibility index (Phi) is 9.01. The molecule has 6 heteroatoms. The van der Waals surface area contributed by atoms with Crippen molar-refractivity contribution in [3.63, 3.8) is 0 Å². The van der Waals surface area contributed by atoms with E-state index in [1.54, 1.807) is 0 Å². The second kappa shape index (κ2) is 10.9. The van der Waals surface area contributed by atoms with E-state index < -0.39 is 13.1 Å². The second-order valence-electron chi connectivity index (χ2n) is 7.07. The maximum atomic E-state index is 6.23. The molecular formula is C24H16AlCl4K. The molecule has 0 saturated heterocycles. The first kappa shape index (κ1) is 24.8. The molecule has 0 spiro atoms. The van der Waals surface area contributed by atoms with E-state index in [1.807, 2.05) is 48.5 Å². The molecule has 0 aliphatic heterocycles. The molecule has 0 fully saturated rings. The molecule has 0 aromatic heterocycles. The number of hydrogen-bond donors (Lipinski definition) is 0. The first-order chi connectivity index (χ1) is 14.0. The first-order valence-electron chi connectivity index (χ1n) is 9.20. The van der Waals surface area contributed by atoms with Gasteiger partial charge in [0.05, 0.1) is 0 Å². The summed E-state index contributed by atoms with van der Waals surface area (Å²) >= 11 is 21.9. The predicted molar refractivity (Wildman–Crippen MR) is 130 cm³/mol. The Balaban J connectivity index is 0.00000256. The fourth-order valence-electron chi connectivity index (χ4n) is 4.16. The normalized spacial score (nSPS) is 11.1. The van der Waals surface area contributed by atoms with Gasteiger partial charge in [-0.1, -0.05) is 46.4 Å². The SMILES string of the molecule is Clc1cc[c]([Al-]([c]2ccc(Cl)cc2)([c]2ccc(Cl)cc2)[c]2ccc(Cl)cc2)cc1.[K+]. The Hall–Kier alpha value is 0.209. The monoisotopic (exact) mass is 510 g/mol. The van der Waals surface area contributed by atoms with E-state index in [-0.39, 0.29) is 51.4 Å². The molecule has 4 aromatic carbocycles. The predicted octanol–water partition coefficient (Wildman–Crippen LogP) is 2.68. The zero-order valence-electron chi connectivity index (χ0n) is 16.3. The molecule has 0 aliphatic rings. The molecule has 0 N–H and O–H groups in total. The summed E-state index contributed by atoms with van der Waals surface area (Å²) in [6.07, 6.45) is 0. The summed E-state index contributed by atoms with van der Waals surface area (Å²) in [5, 5.41) is 2.85. The van der Waals surface area contributed by atoms with Crippen molar-refractivity contribution >= 4 is 77.2 Å². The van der Waals surface area contributed by atoms with Gasteiger partial charge in [-0.3, -0.25) is 0 Å². The average molecular weight is 512 g/mol. The fraction of sp³-hybridized carbons (Fsp3) is 0. The molecular weight excluding hydrogens is 496 g/mol. The van der Waals surface area contributed by atoms with Gasteiger partial charge in [-0.25, -0.2) is 17.7 Å². The quantitative estimate of drug-likeness (QED) is 0.369. The minimum atomic E-state index is -3.03. The topological polar surface area (TPSA) is 0 Å². The molecule has 0 amide bonds. The third-order valence-corrected chi connectivity index (χ3v) is 12.0. The Morgan fingerprint density at radius 2 is 0.500 bits per heavy atom. The number of benzene rings is 4. The summed E-state index contributed by atoms with van der Waals surface area (Å²) in [7, 11) is 0. The van der Waals surface area contributed by atoms with Crippen LogP contribution in [0.5, 0.6) is 0 Å². The summed E-state index contributed by atoms with van der Waals surface area (Å²) in [4.78, 5) is 0. The van der Waals surface area contributed by atoms with Crippen molar-refractivity contribution in [2.24, 2.45) is 0 Å². The number of rotatable bonds is 4. The maximum Gasteiger partial charge on any atom is 1.00 e. The van der Waals surface area contributed by atoms with E-state index in [0.29, 0.717) is 20.1 Å². The van der Waals surface area contributed by atoms with E-state index in [0.717, 1.165) is 0 Å². The molecule has 0 bridgehead atoms. The summed E-state index contributed by atoms with van der Waals surface area (Å²) < 4.78 is 4.98. The molecule has 0 saturated carbocycles. The molecule has 4 aromatic rings. The zero-order chi connectivity index (χ0) is 20.4. The van der Waals surface area contributed by atoms with Crippen LogP contribution in [-0.4, -0.2) is 13.1 Å². The van der Waals surface area contributed by atoms with E-state index in [9.17, 15) is 0 Å². The van der Waals surface area contributed by atoms with Crippen LogP contribution in [-0.2, 0) is 0 Å². The van der Waals surface area contributed by atoms with Gasteiger partial charge in [-0.2, -0.15) is 0 Å². The second-order valence-corrected chi connectivity index (χ2v) is 13.2. The first-order valence-corrected chi connectivity index (χ1v) is 13.0. The summed E-state index contributed by atoms with van der Waals surface area (Å²) in [5.41, 5.74) is 0. The molecule has 0 nitrogen and oxygen atoms in total. The zero-order valence-corrected chi connectivity index (χ0v) is 23.6. The molecule has 0 atom stereocenters. The van der Waals surface area contributed by atoms with E-state index in [2.05, 4.69) is 48.5 Å². The average Bonchev–Trinajstić information content (AvgIpc) is 2.73. The van der Waals surface area contributed by atoms with Gasteiger partial charge in [0, 0.05) is 20.1 Å². The van der Waals surface area contributed by atoms with Gasteiger partial charge in [0.1, 0.15) is 0 Å². The van der Waals surface area contributed by atoms with Gasteiger partial charge in [0.2, 0.25) is 0 Å². The van der Waals surface area contributed by atoms with Crippen LogP contribution in [0.25, 0.3) is 0 Å². The van der Waals surface area contributed by atoms with Crippen molar-refractivity contribution in [2.75, 3.05) is 0 Å². The van der Waals surface area contributed by atoms with Crippen LogP contribution in [0.3, 0.4) is 0 Å². The fourth-order valence-corrected chi connectivity index (χ4v) is 10.1. The molecule has 0 heterocycles. The van der Waals surface area contributed by atoms with Crippen LogP contribution in [0.15, 0.2) is 97.1 Å². The third-order valence-electron chi connectivity index (χ3n) is 5.48. The van der Waals surface area contributed by atoms with Crippen molar-refractivity contribution in [1.29, 1.82) is 0 Å². The Morgan fingerprint density at radius 1 is 0.333 bits per heavy atom. The molecule has 0 unspecified atom stereocenters. The van der Waals surface area contributed by atoms with Crippen molar-refractivity contribution in [1.82, 2.24) is 0 Å². The van der Waals surface area contributed by atoms with Gasteiger partial charge < -0.3 is 0 Å². The van der Waals surface area contributed by atoms with Crippen LogP contribution in [0.4, 0.5) is 0 Å². The minimum absolute atomic E-state index is 0. The van der Waals surface area contributed by atoms with Crippen LogP contribution < -0.4 is 69.1 Å². The smallest absolute Gasteiger partial charge is 0.218 e. The van der Waals surface area contributed by atoms with Crippen molar-refractivity contribution in [3.05, 3.63) is 117 Å². The molecule has 0 radical (unpaired) electrons. The van der Waals surface area contributed by atoms with Crippen LogP contribution >= 0.6 is 46.4 Å². The Labute approximate surface area is 242 Å². The minimum Gasteiger partial charge on any atom is -0.218 e. The number of hydrogen-bond acceptors (Lipinski definition) is 0. The molecule has 4 rings (SSSR count). The summed E-state index contributed by atoms with van der Waals surface area (Å²) in [5.74, 6) is 0. The van der Waals surface area contributed by atoms with Gasteiger partial charge >= 0.3 is 51.4 Å². The van der Waals surface area contributed by atoms with Crippen molar-refractivity contribution < 1.29 is 51.4 Å². The molecule has 0 aliphatic carbocycles. The summed E-state index contributed by atoms with van der Waals surface area (Å²) in [6.45, 7) is 0. The van der Waals surface area contributed by atoms with Crippen LogP contribution in [0.2, 0.25) is 20.1 Å². The Morgan fingerprint density at radius 3 is 0.667 bits per heavy atom. The maximum absolute atomic E-state index is 6.23. The molecule has 144 valence electrons. The standard InChI is InChI=1S/4C6H4Cl.Al.K/c4*7-6-4-2-1-3-5-6;;/h4*2-5H;;/q;;;;-1;+1. The number of halogens is 4. The largest absolute Gasteiger partial charge is 1.00 e. The van der Waals surface area contributed by atoms with E-state index in [4.69, 9.17) is 46.4 Å². The molecule has 30 heavy (non-hydrogen) atoms. The van der Waals surface area contributed by atoms with Gasteiger partial charge in [-0.05, 0) is 48.5 Å². The van der Waals surface area contributed by atoms with E-state index >= 15 is 0 Å². The summed E-state index contributed by atoms with van der Waals surface area (Å²) in [6, 6.07) is 32.7. The van der Waals surface area contributed by atoms with Crippen molar-refractivity contribution in [2.45, 2.75) is 0 Å². The Bertz CT molecular complexity index is 922. The van der Waals surface area contributed by atoms with Crippen LogP contribution in [0.1, 0.15) is 0 Å². The van der Waals surface area contributed by atoms with Gasteiger partial charge in [0.15, 0.2) is 0 Å².